The first kappa shape index (κ1) is 14.8. The lowest BCUT2D eigenvalue weighted by Crippen LogP contribution is -2.19. The molecule has 2 rings (SSSR count). The zero-order chi connectivity index (χ0) is 15.0. The molecule has 2 aromatic rings. The Morgan fingerprint density at radius 1 is 1.20 bits per heavy atom. The maximum Gasteiger partial charge on any atom is 0.226 e. The summed E-state index contributed by atoms with van der Waals surface area (Å²) in [4.78, 5) is 6.62. The van der Waals surface area contributed by atoms with Crippen LogP contribution in [0.25, 0.3) is 11.0 Å². The Morgan fingerprint density at radius 3 is 2.55 bits per heavy atom. The molecule has 0 saturated heterocycles. The maximum atomic E-state index is 12.1. The first-order chi connectivity index (χ1) is 9.23. The van der Waals surface area contributed by atoms with Crippen LogP contribution in [0, 0.1) is 0 Å². The summed E-state index contributed by atoms with van der Waals surface area (Å²) >= 11 is 0. The number of H-pyrrole nitrogens is 1. The van der Waals surface area contributed by atoms with Crippen molar-refractivity contribution in [3.05, 3.63) is 18.2 Å². The lowest BCUT2D eigenvalue weighted by Gasteiger charge is -2.01. The Hall–Kier alpha value is -1.61. The van der Waals surface area contributed by atoms with Crippen LogP contribution >= 0.6 is 0 Å². The third-order valence-corrected chi connectivity index (χ3v) is 6.37. The molecule has 0 spiro atoms. The summed E-state index contributed by atoms with van der Waals surface area (Å²) in [7, 11) is -7.10. The van der Waals surface area contributed by atoms with Gasteiger partial charge in [0.1, 0.15) is 0 Å². The minimum Gasteiger partial charge on any atom is -0.399 e. The lowest BCUT2D eigenvalue weighted by atomic mass is 10.3. The number of nitrogen functional groups attached to an aromatic ring is 1. The topological polar surface area (TPSA) is 123 Å². The number of nitrogens with zero attached hydrogens (tertiary/aromatic N) is 1. The van der Waals surface area contributed by atoms with Gasteiger partial charge in [-0.05, 0) is 18.2 Å². The smallest absolute Gasteiger partial charge is 0.226 e. The first-order valence-corrected chi connectivity index (χ1v) is 9.39. The highest BCUT2D eigenvalue weighted by Gasteiger charge is 2.22. The molecule has 0 unspecified atom stereocenters. The zero-order valence-electron chi connectivity index (χ0n) is 10.8. The van der Waals surface area contributed by atoms with Crippen molar-refractivity contribution in [2.24, 2.45) is 0 Å². The number of anilines is 1. The molecule has 1 heterocycles. The van der Waals surface area contributed by atoms with Crippen molar-refractivity contribution in [1.29, 1.82) is 0 Å². The average molecular weight is 317 g/mol. The van der Waals surface area contributed by atoms with E-state index >= 15 is 0 Å². The number of hydrogen-bond acceptors (Lipinski definition) is 6. The van der Waals surface area contributed by atoms with Crippen molar-refractivity contribution in [1.82, 2.24) is 9.97 Å². The Balaban J connectivity index is 2.32. The van der Waals surface area contributed by atoms with E-state index < -0.39 is 31.2 Å². The normalized spacial score (nSPS) is 12.8. The molecular formula is C11H15N3O4S2. The number of nitrogens with one attached hydrogen (secondary N) is 1. The van der Waals surface area contributed by atoms with Gasteiger partial charge in [-0.1, -0.05) is 6.92 Å². The zero-order valence-corrected chi connectivity index (χ0v) is 12.5. The molecule has 1 aromatic carbocycles. The fourth-order valence-corrected chi connectivity index (χ4v) is 4.51. The van der Waals surface area contributed by atoms with Crippen LogP contribution in [-0.4, -0.2) is 44.1 Å². The molecule has 110 valence electrons. The van der Waals surface area contributed by atoms with Crippen molar-refractivity contribution in [2.75, 3.05) is 23.0 Å². The number of benzene rings is 1. The predicted octanol–water partition coefficient (Wildman–Crippen LogP) is 0.354. The summed E-state index contributed by atoms with van der Waals surface area (Å²) in [5.41, 5.74) is 7.05. The molecule has 0 saturated carbocycles. The highest BCUT2D eigenvalue weighted by Crippen LogP contribution is 2.18. The van der Waals surface area contributed by atoms with Crippen LogP contribution in [0.15, 0.2) is 23.4 Å². The molecule has 0 amide bonds. The van der Waals surface area contributed by atoms with Crippen molar-refractivity contribution >= 4 is 36.4 Å². The van der Waals surface area contributed by atoms with E-state index in [-0.39, 0.29) is 10.9 Å². The Labute approximate surface area is 117 Å². The molecule has 20 heavy (non-hydrogen) atoms. The van der Waals surface area contributed by atoms with Crippen molar-refractivity contribution < 1.29 is 16.8 Å². The number of imidazole rings is 1. The average Bonchev–Trinajstić information content (AvgIpc) is 2.80. The molecule has 0 atom stereocenters. The predicted molar refractivity (Wildman–Crippen MR) is 76.9 cm³/mol. The van der Waals surface area contributed by atoms with Crippen LogP contribution < -0.4 is 5.73 Å². The highest BCUT2D eigenvalue weighted by atomic mass is 32.2. The van der Waals surface area contributed by atoms with Gasteiger partial charge in [0.05, 0.1) is 22.5 Å². The molecule has 9 heteroatoms. The Morgan fingerprint density at radius 2 is 1.90 bits per heavy atom. The van der Waals surface area contributed by atoms with E-state index in [4.69, 9.17) is 5.73 Å². The molecule has 1 aromatic heterocycles. The number of aromatic amines is 1. The molecule has 7 nitrogen and oxygen atoms in total. The fourth-order valence-electron chi connectivity index (χ4n) is 1.63. The quantitative estimate of drug-likeness (QED) is 0.767. The molecule has 0 aliphatic rings. The fraction of sp³-hybridized carbons (Fsp3) is 0.364. The van der Waals surface area contributed by atoms with Crippen molar-refractivity contribution in [3.63, 3.8) is 0 Å². The van der Waals surface area contributed by atoms with Gasteiger partial charge in [-0.3, -0.25) is 0 Å². The molecule has 0 fully saturated rings. The van der Waals surface area contributed by atoms with Crippen LogP contribution in [0.4, 0.5) is 5.69 Å². The highest BCUT2D eigenvalue weighted by molar-refractivity contribution is 7.95. The SMILES string of the molecule is CCS(=O)(=O)CCS(=O)(=O)c1nc2ccc(N)cc2[nH]1. The number of nitrogens with two attached hydrogens (primary N) is 1. The molecule has 3 N–H and O–H groups in total. The number of hydrogen-bond donors (Lipinski definition) is 2. The Kier molecular flexibility index (Phi) is 3.74. The van der Waals surface area contributed by atoms with E-state index in [1.54, 1.807) is 18.2 Å². The number of sulfone groups is 2. The van der Waals surface area contributed by atoms with Crippen LogP contribution in [0.3, 0.4) is 0 Å². The van der Waals surface area contributed by atoms with Gasteiger partial charge in [-0.15, -0.1) is 0 Å². The molecular weight excluding hydrogens is 302 g/mol. The van der Waals surface area contributed by atoms with E-state index in [1.165, 1.54) is 6.92 Å². The van der Waals surface area contributed by atoms with Crippen LogP contribution in [0.5, 0.6) is 0 Å². The lowest BCUT2D eigenvalue weighted by molar-refractivity contribution is 0.584. The van der Waals surface area contributed by atoms with Crippen molar-refractivity contribution in [2.45, 2.75) is 12.1 Å². The third kappa shape index (κ3) is 3.10. The van der Waals surface area contributed by atoms with E-state index in [2.05, 4.69) is 9.97 Å². The number of fused-ring (bicyclic) bond motifs is 1. The number of aromatic nitrogens is 2. The third-order valence-electron chi connectivity index (χ3n) is 2.88. The van der Waals surface area contributed by atoms with Gasteiger partial charge in [-0.2, -0.15) is 0 Å². The summed E-state index contributed by atoms with van der Waals surface area (Å²) in [5, 5.41) is -0.232. The minimum atomic E-state index is -3.76. The minimum absolute atomic E-state index is 0.0841. The summed E-state index contributed by atoms with van der Waals surface area (Å²) < 4.78 is 46.9. The van der Waals surface area contributed by atoms with Gasteiger partial charge in [0.25, 0.3) is 0 Å². The Bertz CT molecular complexity index is 838. The van der Waals surface area contributed by atoms with E-state index in [1.807, 2.05) is 0 Å². The van der Waals surface area contributed by atoms with Gasteiger partial charge in [0, 0.05) is 11.4 Å². The van der Waals surface area contributed by atoms with E-state index in [9.17, 15) is 16.8 Å². The summed E-state index contributed by atoms with van der Waals surface area (Å²) in [5.74, 6) is -0.983. The maximum absolute atomic E-state index is 12.1. The van der Waals surface area contributed by atoms with E-state index in [0.717, 1.165) is 0 Å². The van der Waals surface area contributed by atoms with Crippen molar-refractivity contribution in [3.8, 4) is 0 Å². The second kappa shape index (κ2) is 5.06. The molecule has 0 aliphatic heterocycles. The van der Waals surface area contributed by atoms with Gasteiger partial charge in [0.15, 0.2) is 9.84 Å². The van der Waals surface area contributed by atoms with Gasteiger partial charge >= 0.3 is 0 Å². The second-order valence-corrected chi connectivity index (χ2v) is 8.87. The van der Waals surface area contributed by atoms with Gasteiger partial charge in [0.2, 0.25) is 15.0 Å². The van der Waals surface area contributed by atoms with E-state index in [0.29, 0.717) is 16.7 Å². The summed E-state index contributed by atoms with van der Waals surface area (Å²) in [6, 6.07) is 4.79. The van der Waals surface area contributed by atoms with Crippen LogP contribution in [-0.2, 0) is 19.7 Å². The molecule has 0 radical (unpaired) electrons. The van der Waals surface area contributed by atoms with Crippen LogP contribution in [0.2, 0.25) is 0 Å². The summed E-state index contributed by atoms with van der Waals surface area (Å²) in [6.45, 7) is 1.48. The standard InChI is InChI=1S/C11H15N3O4S2/c1-2-19(15,16)5-6-20(17,18)11-13-9-4-3-8(12)7-10(9)14-11/h3-4,7H,2,5-6,12H2,1H3,(H,13,14). The van der Waals surface area contributed by atoms with Gasteiger partial charge < -0.3 is 10.7 Å². The second-order valence-electron chi connectivity index (χ2n) is 4.37. The molecule has 0 bridgehead atoms. The largest absolute Gasteiger partial charge is 0.399 e. The van der Waals surface area contributed by atoms with Gasteiger partial charge in [-0.25, -0.2) is 21.8 Å². The number of rotatable bonds is 5. The summed E-state index contributed by atoms with van der Waals surface area (Å²) in [6.07, 6.45) is 0. The van der Waals surface area contributed by atoms with Crippen LogP contribution in [0.1, 0.15) is 6.92 Å². The monoisotopic (exact) mass is 317 g/mol. The first-order valence-electron chi connectivity index (χ1n) is 5.92. The molecule has 0 aliphatic carbocycles.